The molecule has 0 heterocycles. The van der Waals surface area contributed by atoms with Gasteiger partial charge >= 0.3 is 35.6 Å². The minimum atomic E-state index is -0.556. The summed E-state index contributed by atoms with van der Waals surface area (Å²) in [5.41, 5.74) is 6.00. The molecule has 4 heteroatoms. The fraction of sp³-hybridized carbons (Fsp3) is 0.615. The van der Waals surface area contributed by atoms with E-state index in [2.05, 4.69) is 91.0 Å². The van der Waals surface area contributed by atoms with E-state index >= 15 is 0 Å². The summed E-state index contributed by atoms with van der Waals surface area (Å²) in [6.45, 7) is 17.9. The normalized spacial score (nSPS) is 9.87. The number of halogens is 2. The Bertz CT molecular complexity index is 535. The summed E-state index contributed by atoms with van der Waals surface area (Å²) in [5.74, 6) is 1.36. The first-order valence-corrected chi connectivity index (χ1v) is 18.1. The first-order chi connectivity index (χ1) is 14.3. The molecule has 0 fully saturated rings. The molecule has 0 unspecified atom stereocenters. The maximum atomic E-state index is 4.89. The van der Waals surface area contributed by atoms with E-state index < -0.39 is 17.0 Å². The third-order valence-corrected chi connectivity index (χ3v) is 4.66. The second kappa shape index (κ2) is 22.4. The molecule has 1 radical (unpaired) electrons. The van der Waals surface area contributed by atoms with Gasteiger partial charge in [-0.05, 0) is 0 Å². The number of aryl methyl sites for hydroxylation is 2. The van der Waals surface area contributed by atoms with Crippen LogP contribution in [0, 0.1) is 0 Å². The van der Waals surface area contributed by atoms with Crippen LogP contribution < -0.4 is 0 Å². The molecule has 0 N–H and O–H groups in total. The molecule has 0 aliphatic heterocycles. The van der Waals surface area contributed by atoms with Gasteiger partial charge in [-0.25, -0.2) is 12.1 Å². The molecule has 2 aromatic carbocycles. The van der Waals surface area contributed by atoms with Crippen molar-refractivity contribution in [3.05, 3.63) is 58.7 Å². The molecule has 0 aliphatic rings. The molecular formula is C26H45Cl2SiTi-2. The molecule has 0 nitrogen and oxygen atoms in total. The first kappa shape index (κ1) is 32.4. The van der Waals surface area contributed by atoms with Crippen molar-refractivity contribution in [3.63, 3.8) is 0 Å². The van der Waals surface area contributed by atoms with Gasteiger partial charge in [-0.2, -0.15) is 46.5 Å². The minimum absolute atomic E-state index is 0.556. The van der Waals surface area contributed by atoms with Gasteiger partial charge in [-0.1, -0.05) is 105 Å². The molecule has 0 amide bonds. The quantitative estimate of drug-likeness (QED) is 0.248. The van der Waals surface area contributed by atoms with Gasteiger partial charge < -0.3 is 0 Å². The van der Waals surface area contributed by atoms with Gasteiger partial charge in [0.1, 0.15) is 0 Å². The topological polar surface area (TPSA) is 0 Å². The van der Waals surface area contributed by atoms with Crippen molar-refractivity contribution in [1.82, 2.24) is 0 Å². The molecular weight excluding hydrogens is 459 g/mol. The Morgan fingerprint density at radius 1 is 0.800 bits per heavy atom. The van der Waals surface area contributed by atoms with Crippen LogP contribution in [0.1, 0.15) is 101 Å². The Morgan fingerprint density at radius 3 is 1.30 bits per heavy atom. The van der Waals surface area contributed by atoms with E-state index in [1.807, 2.05) is 0 Å². The van der Waals surface area contributed by atoms with Gasteiger partial charge in [0.2, 0.25) is 0 Å². The van der Waals surface area contributed by atoms with Crippen LogP contribution in [0.4, 0.5) is 0 Å². The molecule has 0 saturated carbocycles. The van der Waals surface area contributed by atoms with E-state index in [1.54, 1.807) is 0 Å². The monoisotopic (exact) mass is 503 g/mol. The Hall–Kier alpha value is 0.211. The van der Waals surface area contributed by atoms with Crippen molar-refractivity contribution >= 4 is 28.1 Å². The predicted octanol–water partition coefficient (Wildman–Crippen LogP) is 9.64. The van der Waals surface area contributed by atoms with Crippen LogP contribution in [0.5, 0.6) is 0 Å². The van der Waals surface area contributed by atoms with E-state index in [0.29, 0.717) is 11.8 Å². The van der Waals surface area contributed by atoms with Crippen molar-refractivity contribution in [2.45, 2.75) is 105 Å². The Kier molecular flexibility index (Phi) is 24.2. The fourth-order valence-electron chi connectivity index (χ4n) is 2.82. The van der Waals surface area contributed by atoms with Crippen LogP contribution in [0.2, 0.25) is 13.1 Å². The van der Waals surface area contributed by atoms with Crippen LogP contribution >= 0.6 is 18.6 Å². The van der Waals surface area contributed by atoms with Crippen LogP contribution in [0.3, 0.4) is 0 Å². The zero-order chi connectivity index (χ0) is 23.4. The van der Waals surface area contributed by atoms with Crippen molar-refractivity contribution < 1.29 is 17.0 Å². The molecule has 0 bridgehead atoms. The van der Waals surface area contributed by atoms with Gasteiger partial charge in [0.15, 0.2) is 0 Å². The third-order valence-electron chi connectivity index (χ3n) is 4.66. The van der Waals surface area contributed by atoms with Crippen molar-refractivity contribution in [1.29, 1.82) is 0 Å². The summed E-state index contributed by atoms with van der Waals surface area (Å²) < 4.78 is 0. The fourth-order valence-corrected chi connectivity index (χ4v) is 2.82. The summed E-state index contributed by atoms with van der Waals surface area (Å²) in [7, 11) is 10.5. The molecule has 2 aromatic rings. The van der Waals surface area contributed by atoms with Gasteiger partial charge in [-0.3, -0.25) is 0 Å². The molecule has 0 aliphatic carbocycles. The van der Waals surface area contributed by atoms with Gasteiger partial charge in [0, 0.05) is 9.52 Å². The van der Waals surface area contributed by atoms with Crippen LogP contribution in [-0.4, -0.2) is 9.52 Å². The number of unbranched alkanes of at least 4 members (excludes halogenated alkanes) is 2. The molecule has 0 atom stereocenters. The van der Waals surface area contributed by atoms with E-state index in [1.165, 1.54) is 60.8 Å². The molecule has 0 spiro atoms. The number of hydrogen-bond donors (Lipinski definition) is 0. The SMILES string of the molecule is CCCCc1cc(C(C)C)c[cH-]1.CCCCc1cc(C(C)C)c[cH-]1.C[SiH]C.[Cl][Ti][Cl]. The summed E-state index contributed by atoms with van der Waals surface area (Å²) >= 11 is -0.556. The van der Waals surface area contributed by atoms with E-state index in [0.717, 1.165) is 9.52 Å². The number of hydrogen-bond acceptors (Lipinski definition) is 0. The van der Waals surface area contributed by atoms with E-state index in [-0.39, 0.29) is 0 Å². The number of rotatable bonds is 8. The molecule has 2 rings (SSSR count). The third kappa shape index (κ3) is 17.8. The average molecular weight is 505 g/mol. The summed E-state index contributed by atoms with van der Waals surface area (Å²) in [6, 6.07) is 13.8. The summed E-state index contributed by atoms with van der Waals surface area (Å²) in [5, 5.41) is 0. The predicted molar refractivity (Wildman–Crippen MR) is 140 cm³/mol. The Labute approximate surface area is 207 Å². The van der Waals surface area contributed by atoms with Crippen molar-refractivity contribution in [3.8, 4) is 0 Å². The van der Waals surface area contributed by atoms with E-state index in [9.17, 15) is 0 Å². The second-order valence-electron chi connectivity index (χ2n) is 8.27. The van der Waals surface area contributed by atoms with Gasteiger partial charge in [-0.15, -0.1) is 0 Å². The Balaban J connectivity index is 0. The van der Waals surface area contributed by atoms with E-state index in [4.69, 9.17) is 18.6 Å². The maximum absolute atomic E-state index is 4.89. The average Bonchev–Trinajstić information content (AvgIpc) is 3.36. The van der Waals surface area contributed by atoms with Gasteiger partial charge in [0.25, 0.3) is 0 Å². The zero-order valence-electron chi connectivity index (χ0n) is 20.7. The molecule has 30 heavy (non-hydrogen) atoms. The van der Waals surface area contributed by atoms with Gasteiger partial charge in [0.05, 0.1) is 0 Å². The molecule has 0 saturated heterocycles. The Morgan fingerprint density at radius 2 is 1.10 bits per heavy atom. The zero-order valence-corrected chi connectivity index (χ0v) is 24.9. The van der Waals surface area contributed by atoms with Crippen molar-refractivity contribution in [2.75, 3.05) is 0 Å². The standard InChI is InChI=1S/2C12H19.C2H7Si.2ClH.Ti/c2*1-4-5-6-11-7-8-12(9-11)10(2)3;1-3-2;;;/h2*7-10H,4-6H2,1-3H3;3H,1-2H3;2*1H;/q2*-1;;;;+2/p-2. The first-order valence-electron chi connectivity index (χ1n) is 11.5. The molecule has 0 aromatic heterocycles. The summed E-state index contributed by atoms with van der Waals surface area (Å²) in [6.07, 6.45) is 7.74. The van der Waals surface area contributed by atoms with Crippen LogP contribution in [-0.2, 0) is 29.9 Å². The van der Waals surface area contributed by atoms with Crippen LogP contribution in [0.15, 0.2) is 36.4 Å². The molecule has 173 valence electrons. The summed E-state index contributed by atoms with van der Waals surface area (Å²) in [4.78, 5) is 0. The second-order valence-corrected chi connectivity index (χ2v) is 12.0. The van der Waals surface area contributed by atoms with Crippen LogP contribution in [0.25, 0.3) is 0 Å². The van der Waals surface area contributed by atoms with Crippen molar-refractivity contribution in [2.24, 2.45) is 0 Å².